The highest BCUT2D eigenvalue weighted by Gasteiger charge is 2.19. The predicted molar refractivity (Wildman–Crippen MR) is 88.4 cm³/mol. The lowest BCUT2D eigenvalue weighted by Crippen LogP contribution is -2.35. The number of rotatable bonds is 4. The lowest BCUT2D eigenvalue weighted by molar-refractivity contribution is 0.239. The second-order valence-corrected chi connectivity index (χ2v) is 6.10. The molecule has 0 spiro atoms. The Hall–Kier alpha value is -1.64. The van der Waals surface area contributed by atoms with Crippen molar-refractivity contribution in [2.45, 2.75) is 25.8 Å². The summed E-state index contributed by atoms with van der Waals surface area (Å²) in [5.41, 5.74) is 11.7. The molecule has 0 saturated carbocycles. The van der Waals surface area contributed by atoms with Crippen LogP contribution in [0.25, 0.3) is 0 Å². The fourth-order valence-corrected chi connectivity index (χ4v) is 3.26. The summed E-state index contributed by atoms with van der Waals surface area (Å²) in [7, 11) is 0. The first-order valence-corrected chi connectivity index (χ1v) is 7.82. The molecule has 21 heavy (non-hydrogen) atoms. The molecule has 1 aliphatic heterocycles. The van der Waals surface area contributed by atoms with Crippen LogP contribution in [-0.4, -0.2) is 24.5 Å². The zero-order chi connectivity index (χ0) is 14.7. The van der Waals surface area contributed by atoms with Gasteiger partial charge >= 0.3 is 0 Å². The third kappa shape index (κ3) is 3.34. The molecule has 1 aliphatic rings. The van der Waals surface area contributed by atoms with E-state index in [0.29, 0.717) is 12.5 Å². The Kier molecular flexibility index (Phi) is 4.37. The van der Waals surface area contributed by atoms with Crippen LogP contribution in [0.1, 0.15) is 28.2 Å². The number of nitrogens with zero attached hydrogens (tertiary/aromatic N) is 1. The van der Waals surface area contributed by atoms with Crippen molar-refractivity contribution in [2.75, 3.05) is 19.6 Å². The average Bonchev–Trinajstić information content (AvgIpc) is 2.52. The molecule has 0 saturated heterocycles. The minimum absolute atomic E-state index is 0.426. The zero-order valence-electron chi connectivity index (χ0n) is 12.8. The highest BCUT2D eigenvalue weighted by molar-refractivity contribution is 5.30. The van der Waals surface area contributed by atoms with Gasteiger partial charge in [0.25, 0.3) is 0 Å². The summed E-state index contributed by atoms with van der Waals surface area (Å²) in [6.45, 7) is 6.10. The summed E-state index contributed by atoms with van der Waals surface area (Å²) in [6.07, 6.45) is 1.15. The van der Waals surface area contributed by atoms with E-state index in [9.17, 15) is 0 Å². The first-order chi connectivity index (χ1) is 10.3. The first-order valence-electron chi connectivity index (χ1n) is 7.82. The van der Waals surface area contributed by atoms with Crippen LogP contribution in [0.4, 0.5) is 0 Å². The Morgan fingerprint density at radius 3 is 2.67 bits per heavy atom. The molecule has 0 bridgehead atoms. The summed E-state index contributed by atoms with van der Waals surface area (Å²) in [6, 6.07) is 17.6. The molecule has 3 rings (SSSR count). The molecule has 110 valence electrons. The van der Waals surface area contributed by atoms with E-state index in [1.54, 1.807) is 0 Å². The molecule has 2 N–H and O–H groups in total. The number of nitrogens with two attached hydrogens (primary N) is 1. The van der Waals surface area contributed by atoms with Crippen molar-refractivity contribution in [3.8, 4) is 0 Å². The van der Waals surface area contributed by atoms with Gasteiger partial charge in [-0.2, -0.15) is 0 Å². The van der Waals surface area contributed by atoms with Gasteiger partial charge in [-0.05, 0) is 30.0 Å². The van der Waals surface area contributed by atoms with Crippen molar-refractivity contribution >= 4 is 0 Å². The Labute approximate surface area is 127 Å². The Morgan fingerprint density at radius 2 is 1.90 bits per heavy atom. The SMILES string of the molecule is Cc1cccc(C(CN)CN2CCc3ccccc3C2)c1. The maximum Gasteiger partial charge on any atom is 0.0236 e. The number of fused-ring (bicyclic) bond motifs is 1. The Bertz CT molecular complexity index is 606. The van der Waals surface area contributed by atoms with Gasteiger partial charge in [0.05, 0.1) is 0 Å². The van der Waals surface area contributed by atoms with E-state index in [4.69, 9.17) is 5.73 Å². The largest absolute Gasteiger partial charge is 0.330 e. The van der Waals surface area contributed by atoms with Crippen LogP contribution in [-0.2, 0) is 13.0 Å². The quantitative estimate of drug-likeness (QED) is 0.932. The lowest BCUT2D eigenvalue weighted by Gasteiger charge is -2.31. The summed E-state index contributed by atoms with van der Waals surface area (Å²) >= 11 is 0. The Morgan fingerprint density at radius 1 is 1.10 bits per heavy atom. The van der Waals surface area contributed by atoms with Crippen molar-refractivity contribution in [2.24, 2.45) is 5.73 Å². The maximum atomic E-state index is 6.04. The third-order valence-electron chi connectivity index (χ3n) is 4.49. The van der Waals surface area contributed by atoms with Crippen LogP contribution in [0, 0.1) is 6.92 Å². The predicted octanol–water partition coefficient (Wildman–Crippen LogP) is 3.10. The van der Waals surface area contributed by atoms with Crippen LogP contribution < -0.4 is 5.73 Å². The van der Waals surface area contributed by atoms with E-state index < -0.39 is 0 Å². The molecular weight excluding hydrogens is 256 g/mol. The van der Waals surface area contributed by atoms with Crippen LogP contribution in [0.15, 0.2) is 48.5 Å². The highest BCUT2D eigenvalue weighted by atomic mass is 15.1. The molecule has 2 heteroatoms. The standard InChI is InChI=1S/C19H24N2/c1-15-5-4-8-17(11-15)19(12-20)14-21-10-9-16-6-2-3-7-18(16)13-21/h2-8,11,19H,9-10,12-14,20H2,1H3. The minimum atomic E-state index is 0.426. The van der Waals surface area contributed by atoms with Gasteiger partial charge in [0.15, 0.2) is 0 Å². The topological polar surface area (TPSA) is 29.3 Å². The summed E-state index contributed by atoms with van der Waals surface area (Å²) < 4.78 is 0. The Balaban J connectivity index is 1.71. The van der Waals surface area contributed by atoms with Crippen molar-refractivity contribution in [1.82, 2.24) is 4.90 Å². The molecule has 2 nitrogen and oxygen atoms in total. The highest BCUT2D eigenvalue weighted by Crippen LogP contribution is 2.23. The third-order valence-corrected chi connectivity index (χ3v) is 4.49. The lowest BCUT2D eigenvalue weighted by atomic mass is 9.94. The molecule has 0 aliphatic carbocycles. The molecule has 2 aromatic rings. The summed E-state index contributed by atoms with van der Waals surface area (Å²) in [4.78, 5) is 2.54. The maximum absolute atomic E-state index is 6.04. The van der Waals surface area contributed by atoms with Crippen LogP contribution in [0.2, 0.25) is 0 Å². The van der Waals surface area contributed by atoms with Crippen molar-refractivity contribution in [1.29, 1.82) is 0 Å². The first kappa shape index (κ1) is 14.3. The smallest absolute Gasteiger partial charge is 0.0236 e. The van der Waals surface area contributed by atoms with Gasteiger partial charge in [0.2, 0.25) is 0 Å². The van der Waals surface area contributed by atoms with Crippen molar-refractivity contribution in [3.05, 3.63) is 70.8 Å². The van der Waals surface area contributed by atoms with E-state index in [2.05, 4.69) is 60.4 Å². The summed E-state index contributed by atoms with van der Waals surface area (Å²) in [5.74, 6) is 0.426. The molecule has 1 atom stereocenters. The van der Waals surface area contributed by atoms with E-state index in [0.717, 1.165) is 26.1 Å². The van der Waals surface area contributed by atoms with Crippen LogP contribution >= 0.6 is 0 Å². The molecule has 1 heterocycles. The van der Waals surface area contributed by atoms with Gasteiger partial charge in [0.1, 0.15) is 0 Å². The van der Waals surface area contributed by atoms with E-state index >= 15 is 0 Å². The molecule has 0 amide bonds. The van der Waals surface area contributed by atoms with E-state index in [1.165, 1.54) is 22.3 Å². The molecule has 0 fully saturated rings. The van der Waals surface area contributed by atoms with Crippen LogP contribution in [0.5, 0.6) is 0 Å². The van der Waals surface area contributed by atoms with Crippen molar-refractivity contribution < 1.29 is 0 Å². The summed E-state index contributed by atoms with van der Waals surface area (Å²) in [5, 5.41) is 0. The van der Waals surface area contributed by atoms with Gasteiger partial charge in [-0.25, -0.2) is 0 Å². The van der Waals surface area contributed by atoms with Gasteiger partial charge < -0.3 is 5.73 Å². The fourth-order valence-electron chi connectivity index (χ4n) is 3.26. The van der Waals surface area contributed by atoms with Gasteiger partial charge in [-0.15, -0.1) is 0 Å². The van der Waals surface area contributed by atoms with E-state index in [-0.39, 0.29) is 0 Å². The van der Waals surface area contributed by atoms with Gasteiger partial charge in [0, 0.05) is 32.1 Å². The fraction of sp³-hybridized carbons (Fsp3) is 0.368. The molecule has 0 radical (unpaired) electrons. The zero-order valence-corrected chi connectivity index (χ0v) is 12.8. The van der Waals surface area contributed by atoms with Crippen molar-refractivity contribution in [3.63, 3.8) is 0 Å². The number of hydrogen-bond acceptors (Lipinski definition) is 2. The molecule has 1 unspecified atom stereocenters. The second kappa shape index (κ2) is 6.42. The average molecular weight is 280 g/mol. The van der Waals surface area contributed by atoms with Gasteiger partial charge in [-0.3, -0.25) is 4.90 Å². The van der Waals surface area contributed by atoms with Crippen LogP contribution in [0.3, 0.4) is 0 Å². The molecular formula is C19H24N2. The normalized spacial score (nSPS) is 16.5. The molecule has 2 aromatic carbocycles. The molecule has 0 aromatic heterocycles. The monoisotopic (exact) mass is 280 g/mol. The number of benzene rings is 2. The van der Waals surface area contributed by atoms with Gasteiger partial charge in [-0.1, -0.05) is 54.1 Å². The second-order valence-electron chi connectivity index (χ2n) is 6.10. The van der Waals surface area contributed by atoms with E-state index in [1.807, 2.05) is 0 Å². The minimum Gasteiger partial charge on any atom is -0.330 e. The number of aryl methyl sites for hydroxylation is 1. The number of hydrogen-bond donors (Lipinski definition) is 1.